The number of fused-ring (bicyclic) bond motifs is 2. The SMILES string of the molecule is Cc1cccc2c(-c3ccc(F)c4nn(C)c(F)c34)nn(-c3ccc(N4CC[C@H](CC(=O)O)C4)nc3)c12. The Hall–Kier alpha value is -4.34. The number of hydrogen-bond donors (Lipinski definition) is 1. The molecule has 37 heavy (non-hydrogen) atoms. The van der Waals surface area contributed by atoms with Gasteiger partial charge >= 0.3 is 5.97 Å². The smallest absolute Gasteiger partial charge is 0.303 e. The van der Waals surface area contributed by atoms with Crippen molar-refractivity contribution in [3.8, 4) is 16.9 Å². The van der Waals surface area contributed by atoms with Gasteiger partial charge in [-0.1, -0.05) is 18.2 Å². The van der Waals surface area contributed by atoms with Crippen molar-refractivity contribution < 1.29 is 18.7 Å². The van der Waals surface area contributed by atoms with Crippen LogP contribution in [0.15, 0.2) is 48.7 Å². The maximum Gasteiger partial charge on any atom is 0.303 e. The summed E-state index contributed by atoms with van der Waals surface area (Å²) >= 11 is 0. The first-order valence-electron chi connectivity index (χ1n) is 12.0. The topological polar surface area (TPSA) is 89.1 Å². The third-order valence-electron chi connectivity index (χ3n) is 7.08. The Morgan fingerprint density at radius 2 is 1.97 bits per heavy atom. The monoisotopic (exact) mass is 502 g/mol. The molecule has 188 valence electrons. The van der Waals surface area contributed by atoms with Crippen molar-refractivity contribution in [3.05, 3.63) is 66.0 Å². The average Bonchev–Trinajstić information content (AvgIpc) is 3.57. The van der Waals surface area contributed by atoms with Crippen LogP contribution in [0.25, 0.3) is 38.8 Å². The van der Waals surface area contributed by atoms with E-state index >= 15 is 4.39 Å². The Kier molecular flexibility index (Phi) is 5.40. The molecule has 5 aromatic rings. The summed E-state index contributed by atoms with van der Waals surface area (Å²) in [4.78, 5) is 17.8. The Morgan fingerprint density at radius 3 is 2.73 bits per heavy atom. The molecule has 1 saturated heterocycles. The summed E-state index contributed by atoms with van der Waals surface area (Å²) in [5.74, 6) is -1.11. The van der Waals surface area contributed by atoms with Crippen molar-refractivity contribution in [1.29, 1.82) is 0 Å². The van der Waals surface area contributed by atoms with E-state index in [4.69, 9.17) is 10.2 Å². The van der Waals surface area contributed by atoms with Gasteiger partial charge in [-0.2, -0.15) is 14.6 Å². The standard InChI is InChI=1S/C27H24F2N6O2/c1-15-4-3-5-19-24(18-7-8-20(28)25-23(18)27(29)33(2)31-25)32-35(26(15)19)17-6-9-21(30-13-17)34-11-10-16(14-34)12-22(36)37/h3-9,13,16H,10-12,14H2,1-2H3,(H,36,37)/t16-/m1/s1. The lowest BCUT2D eigenvalue weighted by Crippen LogP contribution is -2.21. The summed E-state index contributed by atoms with van der Waals surface area (Å²) in [5.41, 5.74) is 3.49. The van der Waals surface area contributed by atoms with E-state index in [1.807, 2.05) is 37.3 Å². The zero-order chi connectivity index (χ0) is 25.8. The molecule has 6 rings (SSSR count). The van der Waals surface area contributed by atoms with Gasteiger partial charge in [-0.25, -0.2) is 18.7 Å². The van der Waals surface area contributed by atoms with E-state index in [0.29, 0.717) is 17.8 Å². The number of carboxylic acids is 1. The molecule has 0 saturated carbocycles. The Morgan fingerprint density at radius 1 is 1.14 bits per heavy atom. The van der Waals surface area contributed by atoms with Gasteiger partial charge in [0.25, 0.3) is 0 Å². The van der Waals surface area contributed by atoms with Crippen LogP contribution >= 0.6 is 0 Å². The number of carboxylic acid groups (broad SMARTS) is 1. The van der Waals surface area contributed by atoms with E-state index in [2.05, 4.69) is 15.0 Å². The third kappa shape index (κ3) is 3.80. The second-order valence-electron chi connectivity index (χ2n) is 9.54. The summed E-state index contributed by atoms with van der Waals surface area (Å²) in [6, 6.07) is 12.5. The quantitative estimate of drug-likeness (QED) is 0.369. The van der Waals surface area contributed by atoms with Gasteiger partial charge < -0.3 is 10.0 Å². The molecule has 4 heterocycles. The molecule has 1 atom stereocenters. The number of rotatable bonds is 5. The lowest BCUT2D eigenvalue weighted by Gasteiger charge is -2.17. The van der Waals surface area contributed by atoms with Crippen LogP contribution in [0.5, 0.6) is 0 Å². The third-order valence-corrected chi connectivity index (χ3v) is 7.08. The molecule has 0 amide bonds. The number of halogens is 2. The highest BCUT2D eigenvalue weighted by Crippen LogP contribution is 2.37. The van der Waals surface area contributed by atoms with Crippen LogP contribution in [0.2, 0.25) is 0 Å². The summed E-state index contributed by atoms with van der Waals surface area (Å²) in [6.45, 7) is 3.39. The Balaban J connectivity index is 1.44. The number of pyridine rings is 1. The molecular formula is C27H24F2N6O2. The predicted molar refractivity (Wildman–Crippen MR) is 136 cm³/mol. The number of aryl methyl sites for hydroxylation is 2. The van der Waals surface area contributed by atoms with Gasteiger partial charge in [0.1, 0.15) is 17.0 Å². The van der Waals surface area contributed by atoms with Gasteiger partial charge in [0.15, 0.2) is 5.82 Å². The lowest BCUT2D eigenvalue weighted by molar-refractivity contribution is -0.137. The number of benzene rings is 2. The molecule has 10 heteroatoms. The van der Waals surface area contributed by atoms with Gasteiger partial charge in [-0.15, -0.1) is 0 Å². The number of hydrogen-bond acceptors (Lipinski definition) is 5. The summed E-state index contributed by atoms with van der Waals surface area (Å²) < 4.78 is 32.3. The molecule has 0 bridgehead atoms. The van der Waals surface area contributed by atoms with E-state index in [1.54, 1.807) is 16.9 Å². The molecule has 0 unspecified atom stereocenters. The van der Waals surface area contributed by atoms with E-state index in [0.717, 1.165) is 45.6 Å². The van der Waals surface area contributed by atoms with Crippen LogP contribution < -0.4 is 4.90 Å². The van der Waals surface area contributed by atoms with Crippen molar-refractivity contribution >= 4 is 33.6 Å². The van der Waals surface area contributed by atoms with Crippen LogP contribution in [0, 0.1) is 24.6 Å². The zero-order valence-corrected chi connectivity index (χ0v) is 20.3. The van der Waals surface area contributed by atoms with Gasteiger partial charge in [0.05, 0.1) is 22.8 Å². The average molecular weight is 503 g/mol. The van der Waals surface area contributed by atoms with Crippen molar-refractivity contribution in [3.63, 3.8) is 0 Å². The molecule has 1 aliphatic heterocycles. The van der Waals surface area contributed by atoms with E-state index < -0.39 is 17.7 Å². The van der Waals surface area contributed by atoms with Gasteiger partial charge in [0.2, 0.25) is 5.95 Å². The molecule has 3 aromatic heterocycles. The van der Waals surface area contributed by atoms with Crippen LogP contribution in [0.4, 0.5) is 14.6 Å². The van der Waals surface area contributed by atoms with Crippen LogP contribution in [0.3, 0.4) is 0 Å². The fourth-order valence-electron chi connectivity index (χ4n) is 5.29. The predicted octanol–water partition coefficient (Wildman–Crippen LogP) is 4.86. The fraction of sp³-hybridized carbons (Fsp3) is 0.259. The van der Waals surface area contributed by atoms with Gasteiger partial charge in [-0.3, -0.25) is 4.79 Å². The van der Waals surface area contributed by atoms with Crippen molar-refractivity contribution in [1.82, 2.24) is 24.5 Å². The van der Waals surface area contributed by atoms with E-state index in [9.17, 15) is 9.18 Å². The second-order valence-corrected chi connectivity index (χ2v) is 9.54. The van der Waals surface area contributed by atoms with Crippen LogP contribution in [-0.2, 0) is 11.8 Å². The maximum absolute atomic E-state index is 15.0. The molecule has 1 aliphatic rings. The normalized spacial score (nSPS) is 15.8. The minimum atomic E-state index is -0.781. The summed E-state index contributed by atoms with van der Waals surface area (Å²) in [6.07, 6.45) is 2.71. The highest BCUT2D eigenvalue weighted by atomic mass is 19.1. The Labute approximate surface area is 210 Å². The minimum absolute atomic E-state index is 0.0364. The molecule has 0 radical (unpaired) electrons. The zero-order valence-electron chi connectivity index (χ0n) is 20.3. The highest BCUT2D eigenvalue weighted by molar-refractivity contribution is 6.04. The first kappa shape index (κ1) is 23.1. The number of carbonyl (C=O) groups is 1. The molecular weight excluding hydrogens is 478 g/mol. The summed E-state index contributed by atoms with van der Waals surface area (Å²) in [5, 5.41) is 18.9. The largest absolute Gasteiger partial charge is 0.481 e. The maximum atomic E-state index is 15.0. The first-order chi connectivity index (χ1) is 17.8. The van der Waals surface area contributed by atoms with E-state index in [1.165, 1.54) is 13.1 Å². The summed E-state index contributed by atoms with van der Waals surface area (Å²) in [7, 11) is 1.44. The number of aromatic nitrogens is 5. The minimum Gasteiger partial charge on any atom is -0.481 e. The molecule has 2 aromatic carbocycles. The lowest BCUT2D eigenvalue weighted by atomic mass is 10.0. The van der Waals surface area contributed by atoms with Crippen LogP contribution in [-0.4, -0.2) is 48.7 Å². The molecule has 8 nitrogen and oxygen atoms in total. The van der Waals surface area contributed by atoms with Gasteiger partial charge in [-0.05, 0) is 49.1 Å². The fourth-order valence-corrected chi connectivity index (χ4v) is 5.29. The highest BCUT2D eigenvalue weighted by Gasteiger charge is 2.26. The number of anilines is 1. The Bertz CT molecular complexity index is 1670. The number of nitrogens with zero attached hydrogens (tertiary/aromatic N) is 6. The second kappa shape index (κ2) is 8.65. The first-order valence-corrected chi connectivity index (χ1v) is 12.0. The molecule has 0 spiro atoms. The molecule has 1 N–H and O–H groups in total. The van der Waals surface area contributed by atoms with Crippen molar-refractivity contribution in [2.45, 2.75) is 19.8 Å². The molecule has 0 aliphatic carbocycles. The number of para-hydroxylation sites is 1. The molecule has 1 fully saturated rings. The van der Waals surface area contributed by atoms with E-state index in [-0.39, 0.29) is 23.2 Å². The van der Waals surface area contributed by atoms with Crippen molar-refractivity contribution in [2.24, 2.45) is 13.0 Å². The number of aliphatic carboxylic acids is 1. The van der Waals surface area contributed by atoms with Crippen LogP contribution in [0.1, 0.15) is 18.4 Å². The van der Waals surface area contributed by atoms with Gasteiger partial charge in [0, 0.05) is 37.5 Å². The van der Waals surface area contributed by atoms with Crippen molar-refractivity contribution in [2.75, 3.05) is 18.0 Å².